The minimum Gasteiger partial charge on any atom is -0.550 e. The highest BCUT2D eigenvalue weighted by Crippen LogP contribution is 2.36. The van der Waals surface area contributed by atoms with Gasteiger partial charge in [0.1, 0.15) is 5.60 Å². The number of hydrogen-bond acceptors (Lipinski definition) is 4. The van der Waals surface area contributed by atoms with Crippen molar-refractivity contribution < 1.29 is 19.4 Å². The quantitative estimate of drug-likeness (QED) is 0.658. The second-order valence-electron chi connectivity index (χ2n) is 6.30. The molecule has 0 N–H and O–H groups in total. The number of rotatable bonds is 1. The Bertz CT molecular complexity index is 410. The second-order valence-corrected chi connectivity index (χ2v) is 6.30. The van der Waals surface area contributed by atoms with Gasteiger partial charge < -0.3 is 19.5 Å². The summed E-state index contributed by atoms with van der Waals surface area (Å²) in [6.07, 6.45) is 4.01. The predicted molar refractivity (Wildman–Crippen MR) is 67.0 cm³/mol. The molecule has 2 aliphatic rings. The predicted octanol–water partition coefficient (Wildman–Crippen LogP) is 0.795. The van der Waals surface area contributed by atoms with Crippen molar-refractivity contribution in [3.63, 3.8) is 0 Å². The normalized spacial score (nSPS) is 30.1. The zero-order valence-electron chi connectivity index (χ0n) is 11.6. The first-order valence-electron chi connectivity index (χ1n) is 6.63. The van der Waals surface area contributed by atoms with Gasteiger partial charge in [-0.2, -0.15) is 0 Å². The van der Waals surface area contributed by atoms with Gasteiger partial charge in [0.2, 0.25) is 0 Å². The Kier molecular flexibility index (Phi) is 3.56. The molecule has 1 heterocycles. The van der Waals surface area contributed by atoms with Crippen molar-refractivity contribution in [2.75, 3.05) is 13.1 Å². The van der Waals surface area contributed by atoms with Crippen LogP contribution in [-0.2, 0) is 9.53 Å². The highest BCUT2D eigenvalue weighted by molar-refractivity contribution is 5.71. The van der Waals surface area contributed by atoms with E-state index in [9.17, 15) is 14.7 Å². The maximum atomic E-state index is 12.0. The van der Waals surface area contributed by atoms with E-state index in [0.29, 0.717) is 19.5 Å². The SMILES string of the molecule is CC(C)(C)OC(=O)N1CC2C=CCC(C(=O)[O-])C2C1. The van der Waals surface area contributed by atoms with E-state index in [2.05, 4.69) is 0 Å². The lowest BCUT2D eigenvalue weighted by atomic mass is 9.78. The van der Waals surface area contributed by atoms with Crippen LogP contribution in [0.2, 0.25) is 0 Å². The molecule has 0 saturated carbocycles. The Morgan fingerprint density at radius 2 is 2.00 bits per heavy atom. The van der Waals surface area contributed by atoms with E-state index >= 15 is 0 Å². The van der Waals surface area contributed by atoms with Crippen LogP contribution in [0.25, 0.3) is 0 Å². The molecule has 0 bridgehead atoms. The highest BCUT2D eigenvalue weighted by Gasteiger charge is 2.41. The molecular weight excluding hydrogens is 246 g/mol. The van der Waals surface area contributed by atoms with E-state index in [1.807, 2.05) is 32.9 Å². The summed E-state index contributed by atoms with van der Waals surface area (Å²) in [6, 6.07) is 0. The van der Waals surface area contributed by atoms with Gasteiger partial charge in [0.05, 0.1) is 0 Å². The van der Waals surface area contributed by atoms with E-state index in [1.165, 1.54) is 0 Å². The fourth-order valence-electron chi connectivity index (χ4n) is 2.80. The first kappa shape index (κ1) is 13.9. The van der Waals surface area contributed by atoms with Crippen molar-refractivity contribution in [1.82, 2.24) is 4.90 Å². The van der Waals surface area contributed by atoms with Crippen molar-refractivity contribution in [3.8, 4) is 0 Å². The van der Waals surface area contributed by atoms with Gasteiger partial charge in [-0.1, -0.05) is 12.2 Å². The number of ether oxygens (including phenoxy) is 1. The number of carboxylic acids is 1. The van der Waals surface area contributed by atoms with E-state index < -0.39 is 17.5 Å². The summed E-state index contributed by atoms with van der Waals surface area (Å²) in [7, 11) is 0. The molecule has 5 nitrogen and oxygen atoms in total. The zero-order valence-corrected chi connectivity index (χ0v) is 11.6. The third-order valence-electron chi connectivity index (χ3n) is 3.66. The average Bonchev–Trinajstić information content (AvgIpc) is 2.69. The molecule has 1 fully saturated rings. The molecule has 0 aromatic heterocycles. The Morgan fingerprint density at radius 1 is 1.32 bits per heavy atom. The van der Waals surface area contributed by atoms with E-state index in [4.69, 9.17) is 4.74 Å². The third kappa shape index (κ3) is 3.08. The number of hydrogen-bond donors (Lipinski definition) is 0. The summed E-state index contributed by atoms with van der Waals surface area (Å²) in [5.74, 6) is -1.47. The molecule has 106 valence electrons. The van der Waals surface area contributed by atoms with Crippen LogP contribution >= 0.6 is 0 Å². The molecule has 0 spiro atoms. The molecule has 2 rings (SSSR count). The summed E-state index contributed by atoms with van der Waals surface area (Å²) in [5, 5.41) is 11.1. The summed E-state index contributed by atoms with van der Waals surface area (Å²) < 4.78 is 5.32. The van der Waals surface area contributed by atoms with Gasteiger partial charge in [-0.25, -0.2) is 4.79 Å². The first-order valence-corrected chi connectivity index (χ1v) is 6.63. The second kappa shape index (κ2) is 4.87. The molecule has 0 radical (unpaired) electrons. The van der Waals surface area contributed by atoms with Gasteiger partial charge in [-0.05, 0) is 39.0 Å². The van der Waals surface area contributed by atoms with Crippen molar-refractivity contribution in [2.45, 2.75) is 32.8 Å². The monoisotopic (exact) mass is 266 g/mol. The van der Waals surface area contributed by atoms with Crippen LogP contribution in [-0.4, -0.2) is 35.7 Å². The molecule has 3 unspecified atom stereocenters. The lowest BCUT2D eigenvalue weighted by molar-refractivity contribution is -0.313. The van der Waals surface area contributed by atoms with Crippen LogP contribution in [0, 0.1) is 17.8 Å². The molecule has 5 heteroatoms. The number of fused-ring (bicyclic) bond motifs is 1. The number of nitrogens with zero attached hydrogens (tertiary/aromatic N) is 1. The number of amides is 1. The van der Waals surface area contributed by atoms with Gasteiger partial charge >= 0.3 is 6.09 Å². The number of carbonyl (C=O) groups is 2. The summed E-state index contributed by atoms with van der Waals surface area (Å²) in [5.41, 5.74) is -0.533. The van der Waals surface area contributed by atoms with Crippen molar-refractivity contribution in [1.29, 1.82) is 0 Å². The minimum atomic E-state index is -1.02. The molecule has 1 saturated heterocycles. The van der Waals surface area contributed by atoms with Crippen molar-refractivity contribution in [2.24, 2.45) is 17.8 Å². The van der Waals surface area contributed by atoms with Gasteiger partial charge in [-0.15, -0.1) is 0 Å². The third-order valence-corrected chi connectivity index (χ3v) is 3.66. The number of carboxylic acid groups (broad SMARTS) is 1. The van der Waals surface area contributed by atoms with Crippen molar-refractivity contribution >= 4 is 12.1 Å². The van der Waals surface area contributed by atoms with E-state index in [1.54, 1.807) is 4.90 Å². The van der Waals surface area contributed by atoms with Crippen LogP contribution in [0.15, 0.2) is 12.2 Å². The molecule has 1 aliphatic heterocycles. The van der Waals surface area contributed by atoms with Crippen molar-refractivity contribution in [3.05, 3.63) is 12.2 Å². The van der Waals surface area contributed by atoms with Crippen LogP contribution in [0.4, 0.5) is 4.79 Å². The minimum absolute atomic E-state index is 0.0532. The first-order chi connectivity index (χ1) is 8.78. The van der Waals surface area contributed by atoms with E-state index in [0.717, 1.165) is 0 Å². The fourth-order valence-corrected chi connectivity index (χ4v) is 2.80. The van der Waals surface area contributed by atoms with Gasteiger partial charge in [0.25, 0.3) is 0 Å². The maximum Gasteiger partial charge on any atom is 0.410 e. The Morgan fingerprint density at radius 3 is 2.58 bits per heavy atom. The zero-order chi connectivity index (χ0) is 14.2. The fraction of sp³-hybridized carbons (Fsp3) is 0.714. The van der Waals surface area contributed by atoms with Crippen LogP contribution < -0.4 is 5.11 Å². The smallest absolute Gasteiger partial charge is 0.410 e. The molecule has 0 aromatic rings. The molecule has 1 amide bonds. The Labute approximate surface area is 113 Å². The molecule has 19 heavy (non-hydrogen) atoms. The van der Waals surface area contributed by atoms with Gasteiger partial charge in [-0.3, -0.25) is 0 Å². The highest BCUT2D eigenvalue weighted by atomic mass is 16.6. The lowest BCUT2D eigenvalue weighted by Gasteiger charge is -2.29. The van der Waals surface area contributed by atoms with Gasteiger partial charge in [0, 0.05) is 25.0 Å². The number of allylic oxidation sites excluding steroid dienone is 1. The standard InChI is InChI=1S/C14H21NO4/c1-14(2,3)19-13(18)15-7-9-5-4-6-10(12(16)17)11(9)8-15/h4-5,9-11H,6-8H2,1-3H3,(H,16,17)/p-1. The summed E-state index contributed by atoms with van der Waals surface area (Å²) in [6.45, 7) is 6.41. The number of likely N-dealkylation sites (tertiary alicyclic amines) is 1. The van der Waals surface area contributed by atoms with Crippen LogP contribution in [0.5, 0.6) is 0 Å². The molecule has 3 atom stereocenters. The van der Waals surface area contributed by atoms with Crippen LogP contribution in [0.1, 0.15) is 27.2 Å². The Hall–Kier alpha value is -1.52. The average molecular weight is 266 g/mol. The molecule has 0 aromatic carbocycles. The Balaban J connectivity index is 2.04. The number of carbonyl (C=O) groups excluding carboxylic acids is 2. The molecular formula is C14H20NO4-. The van der Waals surface area contributed by atoms with E-state index in [-0.39, 0.29) is 17.9 Å². The van der Waals surface area contributed by atoms with Crippen LogP contribution in [0.3, 0.4) is 0 Å². The van der Waals surface area contributed by atoms with Gasteiger partial charge in [0.15, 0.2) is 0 Å². The number of aliphatic carboxylic acids is 1. The summed E-state index contributed by atoms with van der Waals surface area (Å²) >= 11 is 0. The lowest BCUT2D eigenvalue weighted by Crippen LogP contribution is -2.40. The topological polar surface area (TPSA) is 69.7 Å². The summed E-state index contributed by atoms with van der Waals surface area (Å²) in [4.78, 5) is 24.7. The molecule has 1 aliphatic carbocycles. The largest absolute Gasteiger partial charge is 0.550 e. The maximum absolute atomic E-state index is 12.0.